The van der Waals surface area contributed by atoms with E-state index in [1.165, 1.54) is 25.1 Å². The second-order valence-corrected chi connectivity index (χ2v) is 13.3. The summed E-state index contributed by atoms with van der Waals surface area (Å²) in [5, 5.41) is 11.3. The standard InChI is InChI=1S/C27H29F5O4S/c1-25-13-19(14-3-6-17(7-4-14)37(2,35)36)23-18-8-5-16(33)11-15(18)12-21(34)24(23)20(25)9-10-22(25)26(28,29)27(30,31)32/h3-4,6-7,11,19-22,24,34H,5,8-10,12-13H2,1-2H3/t19?,20-,21?,22?,24+,25-/m0/s1. The van der Waals surface area contributed by atoms with Crippen LogP contribution in [-0.2, 0) is 14.6 Å². The summed E-state index contributed by atoms with van der Waals surface area (Å²) in [6, 6.07) is 5.99. The molecule has 0 amide bonds. The fraction of sp³-hybridized carbons (Fsp3) is 0.593. The van der Waals surface area contributed by atoms with E-state index >= 15 is 0 Å². The molecule has 6 atom stereocenters. The van der Waals surface area contributed by atoms with Crippen molar-refractivity contribution in [3.8, 4) is 0 Å². The average molecular weight is 545 g/mol. The van der Waals surface area contributed by atoms with Crippen LogP contribution in [0.4, 0.5) is 22.0 Å². The summed E-state index contributed by atoms with van der Waals surface area (Å²) in [5.41, 5.74) is 1.58. The number of hydrogen-bond acceptors (Lipinski definition) is 4. The SMILES string of the molecule is C[C@]12CC(c3ccc(S(C)(=O)=O)cc3)C3=C4CCC(=O)C=C4CC(O)[C@H]3[C@@H]1CCC2C(F)(F)C(F)(F)F. The summed E-state index contributed by atoms with van der Waals surface area (Å²) in [7, 11) is -3.50. The van der Waals surface area contributed by atoms with Crippen LogP contribution in [0.2, 0.25) is 0 Å². The number of aliphatic hydroxyl groups excluding tert-OH is 1. The number of rotatable bonds is 3. The predicted molar refractivity (Wildman–Crippen MR) is 126 cm³/mol. The maximum absolute atomic E-state index is 14.9. The number of allylic oxidation sites excluding steroid dienone is 2. The van der Waals surface area contributed by atoms with E-state index in [0.717, 1.165) is 17.4 Å². The summed E-state index contributed by atoms with van der Waals surface area (Å²) in [6.07, 6.45) is -3.44. The van der Waals surface area contributed by atoms with Crippen molar-refractivity contribution in [2.24, 2.45) is 23.2 Å². The summed E-state index contributed by atoms with van der Waals surface area (Å²) < 4.78 is 94.4. The van der Waals surface area contributed by atoms with Gasteiger partial charge in [0.05, 0.1) is 11.0 Å². The number of fused-ring (bicyclic) bond motifs is 4. The Balaban J connectivity index is 1.69. The summed E-state index contributed by atoms with van der Waals surface area (Å²) in [5.74, 6) is -8.67. The zero-order chi connectivity index (χ0) is 27.1. The molecule has 0 spiro atoms. The minimum absolute atomic E-state index is 0.00943. The molecule has 3 unspecified atom stereocenters. The highest BCUT2D eigenvalue weighted by atomic mass is 32.2. The van der Waals surface area contributed by atoms with Crippen molar-refractivity contribution in [1.82, 2.24) is 0 Å². The molecule has 0 saturated heterocycles. The van der Waals surface area contributed by atoms with Crippen molar-refractivity contribution in [2.45, 2.75) is 74.5 Å². The van der Waals surface area contributed by atoms with E-state index in [2.05, 4.69) is 0 Å². The van der Waals surface area contributed by atoms with Crippen LogP contribution in [0.25, 0.3) is 0 Å². The molecule has 2 fully saturated rings. The van der Waals surface area contributed by atoms with Gasteiger partial charge in [0, 0.05) is 30.4 Å². The van der Waals surface area contributed by atoms with E-state index in [4.69, 9.17) is 0 Å². The Morgan fingerprint density at radius 3 is 2.27 bits per heavy atom. The highest BCUT2D eigenvalue weighted by Gasteiger charge is 2.71. The lowest BCUT2D eigenvalue weighted by atomic mass is 9.51. The van der Waals surface area contributed by atoms with Crippen LogP contribution < -0.4 is 0 Å². The third-order valence-corrected chi connectivity index (χ3v) is 10.4. The molecule has 202 valence electrons. The van der Waals surface area contributed by atoms with Gasteiger partial charge in [0.15, 0.2) is 15.6 Å². The third-order valence-electron chi connectivity index (χ3n) is 9.28. The molecule has 0 aliphatic heterocycles. The monoisotopic (exact) mass is 544 g/mol. The number of carbonyl (C=O) groups is 1. The molecular weight excluding hydrogens is 515 g/mol. The van der Waals surface area contributed by atoms with Gasteiger partial charge < -0.3 is 5.11 Å². The molecule has 0 heterocycles. The van der Waals surface area contributed by atoms with Gasteiger partial charge in [-0.3, -0.25) is 4.79 Å². The highest BCUT2D eigenvalue weighted by molar-refractivity contribution is 7.90. The number of alkyl halides is 5. The van der Waals surface area contributed by atoms with Crippen molar-refractivity contribution in [2.75, 3.05) is 6.26 Å². The summed E-state index contributed by atoms with van der Waals surface area (Å²) in [4.78, 5) is 12.2. The first-order valence-corrected chi connectivity index (χ1v) is 14.3. The van der Waals surface area contributed by atoms with Gasteiger partial charge >= 0.3 is 12.1 Å². The van der Waals surface area contributed by atoms with Gasteiger partial charge in [0.25, 0.3) is 0 Å². The molecule has 0 bridgehead atoms. The second-order valence-electron chi connectivity index (χ2n) is 11.3. The van der Waals surface area contributed by atoms with Crippen molar-refractivity contribution in [3.05, 3.63) is 52.6 Å². The maximum atomic E-state index is 14.9. The first-order chi connectivity index (χ1) is 17.1. The third kappa shape index (κ3) is 4.09. The van der Waals surface area contributed by atoms with Crippen molar-refractivity contribution in [3.63, 3.8) is 0 Å². The fourth-order valence-electron chi connectivity index (χ4n) is 7.70. The van der Waals surface area contributed by atoms with Crippen LogP contribution in [0, 0.1) is 23.2 Å². The smallest absolute Gasteiger partial charge is 0.392 e. The molecule has 4 aliphatic rings. The zero-order valence-electron chi connectivity index (χ0n) is 20.5. The van der Waals surface area contributed by atoms with Gasteiger partial charge in [-0.1, -0.05) is 24.6 Å². The summed E-state index contributed by atoms with van der Waals surface area (Å²) in [6.45, 7) is 1.50. The molecule has 37 heavy (non-hydrogen) atoms. The zero-order valence-corrected chi connectivity index (χ0v) is 21.3. The van der Waals surface area contributed by atoms with Crippen LogP contribution in [-0.4, -0.2) is 43.8 Å². The van der Waals surface area contributed by atoms with E-state index < -0.39 is 57.1 Å². The van der Waals surface area contributed by atoms with E-state index in [1.807, 2.05) is 0 Å². The minimum Gasteiger partial charge on any atom is -0.392 e. The number of benzene rings is 1. The van der Waals surface area contributed by atoms with Gasteiger partial charge in [-0.05, 0) is 78.4 Å². The van der Waals surface area contributed by atoms with Gasteiger partial charge in [0.1, 0.15) is 0 Å². The first kappa shape index (κ1) is 26.5. The fourth-order valence-corrected chi connectivity index (χ4v) is 8.33. The Bertz CT molecular complexity index is 1290. The lowest BCUT2D eigenvalue weighted by molar-refractivity contribution is -0.315. The van der Waals surface area contributed by atoms with Gasteiger partial charge in [0.2, 0.25) is 0 Å². The van der Waals surface area contributed by atoms with Gasteiger partial charge in [-0.15, -0.1) is 0 Å². The molecule has 1 N–H and O–H groups in total. The number of sulfone groups is 1. The predicted octanol–water partition coefficient (Wildman–Crippen LogP) is 5.77. The first-order valence-electron chi connectivity index (χ1n) is 12.4. The Morgan fingerprint density at radius 2 is 1.68 bits per heavy atom. The van der Waals surface area contributed by atoms with Gasteiger partial charge in [-0.25, -0.2) is 8.42 Å². The molecule has 5 rings (SSSR count). The van der Waals surface area contributed by atoms with Crippen molar-refractivity contribution >= 4 is 15.6 Å². The Labute approximate surface area is 212 Å². The minimum atomic E-state index is -5.69. The number of carbonyl (C=O) groups excluding carboxylic acids is 1. The molecule has 4 aliphatic carbocycles. The van der Waals surface area contributed by atoms with Gasteiger partial charge in [-0.2, -0.15) is 22.0 Å². The molecule has 0 aromatic heterocycles. The van der Waals surface area contributed by atoms with E-state index in [0.29, 0.717) is 17.6 Å². The number of halogens is 5. The lowest BCUT2D eigenvalue weighted by Gasteiger charge is -2.54. The molecular formula is C27H29F5O4S. The van der Waals surface area contributed by atoms with Crippen LogP contribution >= 0.6 is 0 Å². The molecule has 1 aromatic carbocycles. The number of aliphatic hydroxyl groups is 1. The Hall–Kier alpha value is -2.07. The highest BCUT2D eigenvalue weighted by Crippen LogP contribution is 2.69. The quantitative estimate of drug-likeness (QED) is 0.491. The molecule has 4 nitrogen and oxygen atoms in total. The van der Waals surface area contributed by atoms with Crippen LogP contribution in [0.5, 0.6) is 0 Å². The van der Waals surface area contributed by atoms with E-state index in [9.17, 15) is 40.3 Å². The Morgan fingerprint density at radius 1 is 1.03 bits per heavy atom. The lowest BCUT2D eigenvalue weighted by Crippen LogP contribution is -2.54. The second kappa shape index (κ2) is 8.46. The largest absolute Gasteiger partial charge is 0.453 e. The molecule has 2 saturated carbocycles. The Kier molecular flexibility index (Phi) is 6.07. The number of ketones is 1. The molecule has 10 heteroatoms. The van der Waals surface area contributed by atoms with Crippen LogP contribution in [0.1, 0.15) is 56.9 Å². The van der Waals surface area contributed by atoms with E-state index in [1.54, 1.807) is 12.1 Å². The topological polar surface area (TPSA) is 71.4 Å². The maximum Gasteiger partial charge on any atom is 0.453 e. The normalized spacial score (nSPS) is 34.5. The average Bonchev–Trinajstić information content (AvgIpc) is 3.14. The molecule has 1 aromatic rings. The molecule has 0 radical (unpaired) electrons. The number of hydrogen-bond donors (Lipinski definition) is 1. The van der Waals surface area contributed by atoms with Crippen molar-refractivity contribution < 1.29 is 40.3 Å². The summed E-state index contributed by atoms with van der Waals surface area (Å²) >= 11 is 0. The van der Waals surface area contributed by atoms with Crippen molar-refractivity contribution in [1.29, 1.82) is 0 Å². The van der Waals surface area contributed by atoms with E-state index in [-0.39, 0.29) is 42.8 Å². The van der Waals surface area contributed by atoms with Crippen LogP contribution in [0.15, 0.2) is 52.0 Å². The van der Waals surface area contributed by atoms with Crippen LogP contribution in [0.3, 0.4) is 0 Å².